The van der Waals surface area contributed by atoms with E-state index in [4.69, 9.17) is 9.08 Å². The normalized spacial score (nSPS) is 10.2. The van der Waals surface area contributed by atoms with Crippen molar-refractivity contribution >= 4 is 5.91 Å². The highest BCUT2D eigenvalue weighted by atomic mass is 16.5. The van der Waals surface area contributed by atoms with Crippen molar-refractivity contribution in [1.82, 2.24) is 5.32 Å². The summed E-state index contributed by atoms with van der Waals surface area (Å²) in [4.78, 5) is 11.4. The van der Waals surface area contributed by atoms with Gasteiger partial charge in [-0.1, -0.05) is 60.8 Å². The summed E-state index contributed by atoms with van der Waals surface area (Å²) in [5, 5.41) is 2.91. The first kappa shape index (κ1) is 19.4. The molecule has 0 saturated carbocycles. The van der Waals surface area contributed by atoms with Crippen molar-refractivity contribution in [2.24, 2.45) is 5.92 Å². The molecule has 0 aliphatic rings. The molecule has 0 bridgehead atoms. The second kappa shape index (κ2) is 20.7. The van der Waals surface area contributed by atoms with Gasteiger partial charge in [-0.15, -0.1) is 0 Å². The third kappa shape index (κ3) is 22.6. The first-order valence-corrected chi connectivity index (χ1v) is 7.92. The lowest BCUT2D eigenvalue weighted by Crippen LogP contribution is -2.24. The average molecular weight is 298 g/mol. The molecule has 3 heteroatoms. The van der Waals surface area contributed by atoms with Crippen LogP contribution < -0.4 is 5.32 Å². The Kier molecular flexibility index (Phi) is 20.2. The van der Waals surface area contributed by atoms with E-state index in [0.29, 0.717) is 6.42 Å². The van der Waals surface area contributed by atoms with Gasteiger partial charge in [0.15, 0.2) is 0 Å². The van der Waals surface area contributed by atoms with E-state index in [1.165, 1.54) is 33.1 Å². The van der Waals surface area contributed by atoms with Crippen molar-refractivity contribution in [3.63, 3.8) is 0 Å². The van der Waals surface area contributed by atoms with Crippen molar-refractivity contribution in [2.45, 2.75) is 80.0 Å². The minimum absolute atomic E-state index is 0.185. The molecule has 0 saturated heterocycles. The second-order valence-electron chi connectivity index (χ2n) is 5.04. The molecule has 0 aliphatic heterocycles. The van der Waals surface area contributed by atoms with Gasteiger partial charge in [0.2, 0.25) is 5.91 Å². The predicted octanol–water partition coefficient (Wildman–Crippen LogP) is 5.04. The molecule has 0 spiro atoms. The van der Waals surface area contributed by atoms with Crippen LogP contribution in [-0.4, -0.2) is 26.2 Å². The number of carbonyl (C=O) groups excluding carboxylic acids is 1. The van der Waals surface area contributed by atoms with Gasteiger partial charge in [-0.25, -0.2) is 0 Å². The van der Waals surface area contributed by atoms with Crippen molar-refractivity contribution in [2.75, 3.05) is 20.3 Å². The van der Waals surface area contributed by atoms with E-state index in [-0.39, 0.29) is 5.91 Å². The monoisotopic (exact) mass is 297 g/mol. The van der Waals surface area contributed by atoms with Crippen molar-refractivity contribution < 1.29 is 13.9 Å². The zero-order valence-electron chi connectivity index (χ0n) is 17.8. The molecule has 0 heterocycles. The van der Waals surface area contributed by atoms with Crippen LogP contribution in [0.3, 0.4) is 0 Å². The Bertz CT molecular complexity index is 195. The van der Waals surface area contributed by atoms with Crippen LogP contribution in [0.25, 0.3) is 0 Å². The Morgan fingerprint density at radius 3 is 2.40 bits per heavy atom. The van der Waals surface area contributed by atoms with Gasteiger partial charge in [0, 0.05) is 31.0 Å². The number of rotatable bonds is 11. The maximum Gasteiger partial charge on any atom is 0.219 e. The van der Waals surface area contributed by atoms with E-state index in [1.807, 2.05) is 13.8 Å². The molecule has 1 N–H and O–H groups in total. The van der Waals surface area contributed by atoms with Gasteiger partial charge in [-0.3, -0.25) is 4.79 Å². The molecule has 0 unspecified atom stereocenters. The van der Waals surface area contributed by atoms with Gasteiger partial charge >= 0.3 is 0 Å². The molecule has 0 rings (SSSR count). The van der Waals surface area contributed by atoms with Crippen LogP contribution in [0, 0.1) is 5.92 Å². The molecule has 0 aromatic rings. The molecule has 1 amide bonds. The maximum atomic E-state index is 11.4. The van der Waals surface area contributed by atoms with Crippen LogP contribution in [0.15, 0.2) is 0 Å². The number of hydrogen-bond acceptors (Lipinski definition) is 2. The summed E-state index contributed by atoms with van der Waals surface area (Å²) in [6.07, 6.45) is 7.64. The third-order valence-corrected chi connectivity index (χ3v) is 2.78. The predicted molar refractivity (Wildman–Crippen MR) is 92.2 cm³/mol. The lowest BCUT2D eigenvalue weighted by Gasteiger charge is -2.05. The molecular formula is C17H41NO2. The Hall–Kier alpha value is -0.570. The summed E-state index contributed by atoms with van der Waals surface area (Å²) in [6.45, 7) is 9.97. The van der Waals surface area contributed by atoms with Crippen LogP contribution in [0.5, 0.6) is 0 Å². The molecule has 126 valence electrons. The van der Waals surface area contributed by atoms with Gasteiger partial charge in [0.25, 0.3) is 0 Å². The minimum Gasteiger partial charge on any atom is -0.385 e. The molecule has 20 heavy (non-hydrogen) atoms. The number of ether oxygens (including phenoxy) is 1. The van der Waals surface area contributed by atoms with Crippen LogP contribution in [0.2, 0.25) is 0 Å². The van der Waals surface area contributed by atoms with Crippen molar-refractivity contribution in [1.29, 1.82) is 0 Å². The minimum atomic E-state index is 0.185. The smallest absolute Gasteiger partial charge is 0.219 e. The standard InChI is InChI=1S/C14H29NO2.C2H6.CH4.H2/c1-13(2)9-6-4-5-7-10-14(16)15-11-8-12-17-3;1-2;;/h13H,4-12H2,1-3H3,(H,15,16);1-2H3;1H4;1H/i;;1T;1+2T. The van der Waals surface area contributed by atoms with Crippen LogP contribution >= 0.6 is 0 Å². The van der Waals surface area contributed by atoms with Gasteiger partial charge in [-0.05, 0) is 18.8 Å². The lowest BCUT2D eigenvalue weighted by molar-refractivity contribution is -0.121. The Labute approximate surface area is 132 Å². The first-order valence-electron chi connectivity index (χ1n) is 9.92. The summed E-state index contributed by atoms with van der Waals surface area (Å²) in [5.74, 6) is 0.990. The molecule has 0 atom stereocenters. The fraction of sp³-hybridized carbons (Fsp3) is 0.941. The first-order chi connectivity index (χ1) is 11.2. The molecule has 0 aromatic heterocycles. The van der Waals surface area contributed by atoms with E-state index in [9.17, 15) is 4.79 Å². The summed E-state index contributed by atoms with van der Waals surface area (Å²) in [6, 6.07) is 0. The number of amides is 1. The third-order valence-electron chi connectivity index (χ3n) is 2.78. The largest absolute Gasteiger partial charge is 0.385 e. The second-order valence-corrected chi connectivity index (χ2v) is 5.04. The molecule has 0 fully saturated rings. The summed E-state index contributed by atoms with van der Waals surface area (Å²) in [5.41, 5.74) is 0. The fourth-order valence-electron chi connectivity index (χ4n) is 1.72. The van der Waals surface area contributed by atoms with Crippen LogP contribution in [0.4, 0.5) is 0 Å². The average Bonchev–Trinajstić information content (AvgIpc) is 2.60. The Morgan fingerprint density at radius 2 is 1.85 bits per heavy atom. The summed E-state index contributed by atoms with van der Waals surface area (Å²) in [7, 11) is 2.93. The molecule has 0 radical (unpaired) electrons. The SMILES string of the molecule is CC.COCCCNC(=O)CCCCCCC(C)C.[3H]C.[3H][3H]. The number of carbonyl (C=O) groups is 1. The van der Waals surface area contributed by atoms with E-state index in [1.54, 1.807) is 7.11 Å². The Morgan fingerprint density at radius 1 is 1.25 bits per heavy atom. The molecular weight excluding hydrogens is 250 g/mol. The number of nitrogens with one attached hydrogen (secondary N) is 1. The summed E-state index contributed by atoms with van der Waals surface area (Å²) < 4.78 is 20.7. The number of hydrogen-bond donors (Lipinski definition) is 1. The maximum absolute atomic E-state index is 11.4. The topological polar surface area (TPSA) is 38.3 Å². The van der Waals surface area contributed by atoms with Gasteiger partial charge in [0.1, 0.15) is 0 Å². The van der Waals surface area contributed by atoms with Gasteiger partial charge < -0.3 is 10.1 Å². The Balaban J connectivity index is -0.000000267. The zero-order chi connectivity index (χ0) is 18.9. The van der Waals surface area contributed by atoms with E-state index < -0.39 is 0 Å². The van der Waals surface area contributed by atoms with Crippen molar-refractivity contribution in [3.8, 4) is 0 Å². The highest BCUT2D eigenvalue weighted by molar-refractivity contribution is 5.75. The van der Waals surface area contributed by atoms with E-state index >= 15 is 0 Å². The lowest BCUT2D eigenvalue weighted by atomic mass is 10.0. The van der Waals surface area contributed by atoms with Gasteiger partial charge in [0.05, 0.1) is 0 Å². The fourth-order valence-corrected chi connectivity index (χ4v) is 1.72. The molecule has 0 aliphatic carbocycles. The van der Waals surface area contributed by atoms with E-state index in [0.717, 1.165) is 31.9 Å². The number of unbranched alkanes of at least 4 members (excludes halogenated alkanes) is 3. The number of methoxy groups -OCH3 is 1. The quantitative estimate of drug-likeness (QED) is 0.542. The molecule has 0 aromatic carbocycles. The highest BCUT2D eigenvalue weighted by Gasteiger charge is 2.00. The molecule has 3 nitrogen and oxygen atoms in total. The highest BCUT2D eigenvalue weighted by Crippen LogP contribution is 2.10. The van der Waals surface area contributed by atoms with E-state index in [2.05, 4.69) is 19.2 Å². The zero-order valence-corrected chi connectivity index (χ0v) is 14.8. The van der Waals surface area contributed by atoms with Crippen LogP contribution in [-0.2, 0) is 9.53 Å². The van der Waals surface area contributed by atoms with Crippen LogP contribution in [0.1, 0.15) is 84.4 Å². The van der Waals surface area contributed by atoms with Crippen molar-refractivity contribution in [3.05, 3.63) is 0 Å². The summed E-state index contributed by atoms with van der Waals surface area (Å²) >= 11 is 0. The van der Waals surface area contributed by atoms with Gasteiger partial charge in [-0.2, -0.15) is 0 Å².